The molecule has 5 aromatic carbocycles. The Morgan fingerprint density at radius 1 is 0.625 bits per heavy atom. The lowest BCUT2D eigenvalue weighted by Gasteiger charge is -2.16. The van der Waals surface area contributed by atoms with Crippen LogP contribution in [0, 0.1) is 0 Å². The number of hydrogen-bond donors (Lipinski definition) is 0. The first-order valence-corrected chi connectivity index (χ1v) is 8.17. The summed E-state index contributed by atoms with van der Waals surface area (Å²) in [6, 6.07) is 28.1. The minimum Gasteiger partial charge on any atom is -0.496 e. The molecule has 0 aliphatic rings. The molecule has 0 aromatic heterocycles. The van der Waals surface area contributed by atoms with E-state index in [1.165, 1.54) is 43.4 Å². The van der Waals surface area contributed by atoms with Gasteiger partial charge in [-0.3, -0.25) is 0 Å². The van der Waals surface area contributed by atoms with Gasteiger partial charge >= 0.3 is 0 Å². The smallest absolute Gasteiger partial charge is 0.126 e. The molecule has 0 heterocycles. The fraction of sp³-hybridized carbons (Fsp3) is 0.0435. The van der Waals surface area contributed by atoms with Gasteiger partial charge in [-0.05, 0) is 50.9 Å². The van der Waals surface area contributed by atoms with Crippen molar-refractivity contribution < 1.29 is 4.74 Å². The minimum atomic E-state index is 0.932. The van der Waals surface area contributed by atoms with Crippen LogP contribution in [0.15, 0.2) is 78.9 Å². The molecular weight excluding hydrogens is 292 g/mol. The highest BCUT2D eigenvalue weighted by Gasteiger charge is 2.14. The fourth-order valence-electron chi connectivity index (χ4n) is 3.84. The van der Waals surface area contributed by atoms with E-state index in [0.717, 1.165) is 5.75 Å². The first-order chi connectivity index (χ1) is 11.9. The maximum atomic E-state index is 5.59. The fourth-order valence-corrected chi connectivity index (χ4v) is 3.84. The third kappa shape index (κ3) is 1.75. The highest BCUT2D eigenvalue weighted by molar-refractivity contribution is 6.27. The Bertz CT molecular complexity index is 1170. The van der Waals surface area contributed by atoms with Gasteiger partial charge in [-0.25, -0.2) is 0 Å². The number of benzene rings is 5. The van der Waals surface area contributed by atoms with E-state index in [9.17, 15) is 0 Å². The van der Waals surface area contributed by atoms with E-state index in [0.29, 0.717) is 0 Å². The van der Waals surface area contributed by atoms with Gasteiger partial charge < -0.3 is 4.74 Å². The molecule has 0 aliphatic heterocycles. The van der Waals surface area contributed by atoms with Crippen LogP contribution in [0.25, 0.3) is 43.4 Å². The number of rotatable bonds is 2. The van der Waals surface area contributed by atoms with E-state index in [-0.39, 0.29) is 0 Å². The van der Waals surface area contributed by atoms with Crippen molar-refractivity contribution >= 4 is 32.3 Å². The summed E-state index contributed by atoms with van der Waals surface area (Å²) < 4.78 is 5.59. The van der Waals surface area contributed by atoms with E-state index in [4.69, 9.17) is 4.74 Å². The van der Waals surface area contributed by atoms with E-state index >= 15 is 0 Å². The molecule has 0 N–H and O–H groups in total. The van der Waals surface area contributed by atoms with Crippen LogP contribution in [0.2, 0.25) is 0 Å². The molecule has 0 spiro atoms. The number of ether oxygens (including phenoxy) is 1. The molecule has 1 nitrogen and oxygen atoms in total. The van der Waals surface area contributed by atoms with E-state index in [1.807, 2.05) is 0 Å². The minimum absolute atomic E-state index is 0.932. The quantitative estimate of drug-likeness (QED) is 0.350. The standard InChI is InChI=1S/C23H16O/c1-24-21-13-11-17-14-20(15-6-3-2-4-7-15)18-9-5-8-16-10-12-19(21)23(17)22(16)18/h2-14H,1H3. The van der Waals surface area contributed by atoms with Crippen LogP contribution in [0.5, 0.6) is 5.75 Å². The second kappa shape index (κ2) is 4.97. The van der Waals surface area contributed by atoms with Gasteiger partial charge in [0.05, 0.1) is 7.11 Å². The molecule has 0 saturated heterocycles. The number of hydrogen-bond acceptors (Lipinski definition) is 1. The van der Waals surface area contributed by atoms with Crippen molar-refractivity contribution in [3.05, 3.63) is 78.9 Å². The maximum Gasteiger partial charge on any atom is 0.126 e. The predicted molar refractivity (Wildman–Crippen MR) is 102 cm³/mol. The van der Waals surface area contributed by atoms with Crippen LogP contribution in [0.4, 0.5) is 0 Å². The van der Waals surface area contributed by atoms with Gasteiger partial charge in [0.25, 0.3) is 0 Å². The summed E-state index contributed by atoms with van der Waals surface area (Å²) in [6.45, 7) is 0. The van der Waals surface area contributed by atoms with Crippen molar-refractivity contribution in [1.82, 2.24) is 0 Å². The van der Waals surface area contributed by atoms with Crippen LogP contribution < -0.4 is 4.74 Å². The summed E-state index contributed by atoms with van der Waals surface area (Å²) in [5.74, 6) is 0.932. The van der Waals surface area contributed by atoms with Gasteiger partial charge in [-0.1, -0.05) is 60.7 Å². The van der Waals surface area contributed by atoms with E-state index in [1.54, 1.807) is 7.11 Å². The third-order valence-corrected chi connectivity index (χ3v) is 4.91. The van der Waals surface area contributed by atoms with Crippen molar-refractivity contribution in [3.63, 3.8) is 0 Å². The highest BCUT2D eigenvalue weighted by Crippen LogP contribution is 2.42. The molecule has 0 amide bonds. The van der Waals surface area contributed by atoms with Crippen LogP contribution >= 0.6 is 0 Å². The lowest BCUT2D eigenvalue weighted by molar-refractivity contribution is 0.420. The Kier molecular flexibility index (Phi) is 2.77. The van der Waals surface area contributed by atoms with Crippen LogP contribution in [0.1, 0.15) is 0 Å². The Labute approximate surface area is 140 Å². The molecule has 114 valence electrons. The Morgan fingerprint density at radius 2 is 1.42 bits per heavy atom. The first kappa shape index (κ1) is 13.4. The van der Waals surface area contributed by atoms with Gasteiger partial charge in [0, 0.05) is 10.8 Å². The molecule has 0 aliphatic carbocycles. The largest absolute Gasteiger partial charge is 0.496 e. The average Bonchev–Trinajstić information content (AvgIpc) is 2.66. The molecular formula is C23H16O. The average molecular weight is 308 g/mol. The first-order valence-electron chi connectivity index (χ1n) is 8.17. The summed E-state index contributed by atoms with van der Waals surface area (Å²) in [6.07, 6.45) is 0. The summed E-state index contributed by atoms with van der Waals surface area (Å²) in [4.78, 5) is 0. The van der Waals surface area contributed by atoms with Crippen molar-refractivity contribution in [2.75, 3.05) is 7.11 Å². The molecule has 5 rings (SSSR count). The third-order valence-electron chi connectivity index (χ3n) is 4.91. The Hall–Kier alpha value is -3.06. The predicted octanol–water partition coefficient (Wildman–Crippen LogP) is 6.26. The lowest BCUT2D eigenvalue weighted by Crippen LogP contribution is -1.90. The highest BCUT2D eigenvalue weighted by atomic mass is 16.5. The normalized spacial score (nSPS) is 11.5. The topological polar surface area (TPSA) is 9.23 Å². The van der Waals surface area contributed by atoms with Crippen LogP contribution in [0.3, 0.4) is 0 Å². The summed E-state index contributed by atoms with van der Waals surface area (Å²) in [5.41, 5.74) is 2.54. The van der Waals surface area contributed by atoms with Crippen molar-refractivity contribution in [2.45, 2.75) is 0 Å². The summed E-state index contributed by atoms with van der Waals surface area (Å²) >= 11 is 0. The molecule has 0 fully saturated rings. The molecule has 1 heteroatoms. The lowest BCUT2D eigenvalue weighted by atomic mass is 9.89. The second-order valence-electron chi connectivity index (χ2n) is 6.17. The van der Waals surface area contributed by atoms with E-state index < -0.39 is 0 Å². The maximum absolute atomic E-state index is 5.59. The SMILES string of the molecule is COc1ccc2cc(-c3ccccc3)c3cccc4ccc1c2c43. The Balaban J connectivity index is 2.04. The molecule has 0 bridgehead atoms. The van der Waals surface area contributed by atoms with Crippen molar-refractivity contribution in [2.24, 2.45) is 0 Å². The zero-order valence-electron chi connectivity index (χ0n) is 13.4. The molecule has 0 atom stereocenters. The van der Waals surface area contributed by atoms with Crippen LogP contribution in [-0.4, -0.2) is 7.11 Å². The van der Waals surface area contributed by atoms with E-state index in [2.05, 4.69) is 78.9 Å². The zero-order chi connectivity index (χ0) is 16.1. The van der Waals surface area contributed by atoms with Gasteiger partial charge in [-0.2, -0.15) is 0 Å². The van der Waals surface area contributed by atoms with Gasteiger partial charge in [0.2, 0.25) is 0 Å². The molecule has 24 heavy (non-hydrogen) atoms. The van der Waals surface area contributed by atoms with Crippen LogP contribution in [-0.2, 0) is 0 Å². The zero-order valence-corrected chi connectivity index (χ0v) is 13.4. The summed E-state index contributed by atoms with van der Waals surface area (Å²) in [5, 5.41) is 7.63. The molecule has 0 saturated carbocycles. The van der Waals surface area contributed by atoms with Crippen molar-refractivity contribution in [1.29, 1.82) is 0 Å². The molecule has 0 unspecified atom stereocenters. The monoisotopic (exact) mass is 308 g/mol. The molecule has 5 aromatic rings. The second-order valence-corrected chi connectivity index (χ2v) is 6.17. The van der Waals surface area contributed by atoms with Gasteiger partial charge in [0.15, 0.2) is 0 Å². The van der Waals surface area contributed by atoms with Crippen molar-refractivity contribution in [3.8, 4) is 16.9 Å². The van der Waals surface area contributed by atoms with Gasteiger partial charge in [-0.15, -0.1) is 0 Å². The van der Waals surface area contributed by atoms with Gasteiger partial charge in [0.1, 0.15) is 5.75 Å². The molecule has 0 radical (unpaired) electrons. The summed E-state index contributed by atoms with van der Waals surface area (Å²) in [7, 11) is 1.74. The Morgan fingerprint density at radius 3 is 2.25 bits per heavy atom. The number of methoxy groups -OCH3 is 1.